The SMILES string of the molecule is O=C(C[C@@H]1N[C@@H]2CCCC[C@@H]2NC1=O)Nc1ccc2c(c1)OCCO2. The Morgan fingerprint density at radius 2 is 1.88 bits per heavy atom. The van der Waals surface area contributed by atoms with Gasteiger partial charge in [-0.05, 0) is 25.0 Å². The van der Waals surface area contributed by atoms with Crippen LogP contribution in [0.1, 0.15) is 32.1 Å². The van der Waals surface area contributed by atoms with Crippen molar-refractivity contribution in [1.82, 2.24) is 10.6 Å². The van der Waals surface area contributed by atoms with Crippen molar-refractivity contribution in [3.8, 4) is 11.5 Å². The van der Waals surface area contributed by atoms with Gasteiger partial charge in [-0.3, -0.25) is 9.59 Å². The molecule has 7 heteroatoms. The number of carbonyl (C=O) groups is 2. The molecule has 0 bridgehead atoms. The van der Waals surface area contributed by atoms with E-state index in [2.05, 4.69) is 16.0 Å². The van der Waals surface area contributed by atoms with Crippen LogP contribution in [0.25, 0.3) is 0 Å². The van der Waals surface area contributed by atoms with Crippen molar-refractivity contribution in [3.05, 3.63) is 18.2 Å². The van der Waals surface area contributed by atoms with Crippen molar-refractivity contribution in [2.75, 3.05) is 18.5 Å². The zero-order chi connectivity index (χ0) is 17.2. The van der Waals surface area contributed by atoms with Gasteiger partial charge in [-0.25, -0.2) is 0 Å². The fourth-order valence-corrected chi connectivity index (χ4v) is 3.79. The molecule has 25 heavy (non-hydrogen) atoms. The molecule has 1 saturated carbocycles. The molecular formula is C18H23N3O4. The molecule has 0 radical (unpaired) electrons. The average molecular weight is 345 g/mol. The summed E-state index contributed by atoms with van der Waals surface area (Å²) < 4.78 is 11.0. The van der Waals surface area contributed by atoms with Gasteiger partial charge in [0.05, 0.1) is 12.5 Å². The van der Waals surface area contributed by atoms with Crippen LogP contribution in [0.3, 0.4) is 0 Å². The first-order valence-corrected chi connectivity index (χ1v) is 8.95. The number of ether oxygens (including phenoxy) is 2. The van der Waals surface area contributed by atoms with Gasteiger partial charge < -0.3 is 25.4 Å². The zero-order valence-electron chi connectivity index (χ0n) is 14.0. The molecule has 3 aliphatic rings. The largest absolute Gasteiger partial charge is 0.486 e. The summed E-state index contributed by atoms with van der Waals surface area (Å²) in [5, 5.41) is 9.25. The fraction of sp³-hybridized carbons (Fsp3) is 0.556. The highest BCUT2D eigenvalue weighted by atomic mass is 16.6. The number of carbonyl (C=O) groups excluding carboxylic acids is 2. The minimum Gasteiger partial charge on any atom is -0.486 e. The van der Waals surface area contributed by atoms with E-state index in [-0.39, 0.29) is 30.3 Å². The Kier molecular flexibility index (Phi) is 4.48. The third-order valence-corrected chi connectivity index (χ3v) is 5.04. The van der Waals surface area contributed by atoms with Crippen LogP contribution in [-0.2, 0) is 9.59 Å². The summed E-state index contributed by atoms with van der Waals surface area (Å²) in [6.07, 6.45) is 4.49. The summed E-state index contributed by atoms with van der Waals surface area (Å²) >= 11 is 0. The molecule has 134 valence electrons. The molecule has 2 heterocycles. The maximum Gasteiger partial charge on any atom is 0.237 e. The van der Waals surface area contributed by atoms with Gasteiger partial charge in [0, 0.05) is 23.8 Å². The van der Waals surface area contributed by atoms with Crippen LogP contribution in [0.5, 0.6) is 11.5 Å². The highest BCUT2D eigenvalue weighted by Crippen LogP contribution is 2.32. The quantitative estimate of drug-likeness (QED) is 0.766. The number of amides is 2. The van der Waals surface area contributed by atoms with E-state index in [0.29, 0.717) is 30.4 Å². The number of piperazine rings is 1. The van der Waals surface area contributed by atoms with Crippen molar-refractivity contribution in [3.63, 3.8) is 0 Å². The molecule has 0 aromatic heterocycles. The fourth-order valence-electron chi connectivity index (χ4n) is 3.79. The lowest BCUT2D eigenvalue weighted by Gasteiger charge is -2.40. The van der Waals surface area contributed by atoms with Crippen molar-refractivity contribution in [2.45, 2.75) is 50.2 Å². The first kappa shape index (κ1) is 16.2. The second-order valence-corrected chi connectivity index (χ2v) is 6.84. The van der Waals surface area contributed by atoms with Crippen LogP contribution in [0.4, 0.5) is 5.69 Å². The first-order chi connectivity index (χ1) is 12.2. The number of hydrogen-bond acceptors (Lipinski definition) is 5. The lowest BCUT2D eigenvalue weighted by molar-refractivity contribution is -0.129. The zero-order valence-corrected chi connectivity index (χ0v) is 14.0. The molecule has 1 aromatic carbocycles. The van der Waals surface area contributed by atoms with E-state index in [9.17, 15) is 9.59 Å². The Labute approximate surface area is 146 Å². The van der Waals surface area contributed by atoms with E-state index >= 15 is 0 Å². The molecule has 2 aliphatic heterocycles. The van der Waals surface area contributed by atoms with E-state index < -0.39 is 6.04 Å². The second-order valence-electron chi connectivity index (χ2n) is 6.84. The highest BCUT2D eigenvalue weighted by Gasteiger charge is 2.36. The second kappa shape index (κ2) is 6.92. The minimum atomic E-state index is -0.475. The number of fused-ring (bicyclic) bond motifs is 2. The summed E-state index contributed by atoms with van der Waals surface area (Å²) in [5.41, 5.74) is 0.640. The molecule has 2 fully saturated rings. The van der Waals surface area contributed by atoms with E-state index in [1.807, 2.05) is 0 Å². The van der Waals surface area contributed by atoms with E-state index in [0.717, 1.165) is 19.3 Å². The van der Waals surface area contributed by atoms with Crippen LogP contribution in [0.15, 0.2) is 18.2 Å². The molecule has 1 saturated heterocycles. The van der Waals surface area contributed by atoms with Gasteiger partial charge in [0.2, 0.25) is 11.8 Å². The Morgan fingerprint density at radius 1 is 1.12 bits per heavy atom. The topological polar surface area (TPSA) is 88.7 Å². The molecule has 0 spiro atoms. The number of benzene rings is 1. The van der Waals surface area contributed by atoms with Crippen LogP contribution in [-0.4, -0.2) is 43.2 Å². The lowest BCUT2D eigenvalue weighted by atomic mass is 9.87. The van der Waals surface area contributed by atoms with Gasteiger partial charge in [-0.15, -0.1) is 0 Å². The molecule has 1 aromatic rings. The third-order valence-electron chi connectivity index (χ3n) is 5.04. The van der Waals surface area contributed by atoms with Gasteiger partial charge in [0.15, 0.2) is 11.5 Å². The summed E-state index contributed by atoms with van der Waals surface area (Å²) in [6.45, 7) is 1.03. The molecule has 2 amide bonds. The van der Waals surface area contributed by atoms with Crippen LogP contribution >= 0.6 is 0 Å². The Bertz CT molecular complexity index is 678. The molecule has 7 nitrogen and oxygen atoms in total. The first-order valence-electron chi connectivity index (χ1n) is 8.95. The lowest BCUT2D eigenvalue weighted by Crippen LogP contribution is -2.65. The number of nitrogens with one attached hydrogen (secondary N) is 3. The molecule has 4 rings (SSSR count). The van der Waals surface area contributed by atoms with E-state index in [1.165, 1.54) is 6.42 Å². The van der Waals surface area contributed by atoms with Gasteiger partial charge in [0.1, 0.15) is 13.2 Å². The molecule has 3 atom stereocenters. The van der Waals surface area contributed by atoms with Crippen LogP contribution in [0, 0.1) is 0 Å². The predicted octanol–water partition coefficient (Wildman–Crippen LogP) is 1.19. The highest BCUT2D eigenvalue weighted by molar-refractivity contribution is 5.96. The predicted molar refractivity (Wildman–Crippen MR) is 91.8 cm³/mol. The standard InChI is InChI=1S/C18H23N3O4/c22-17(19-11-5-6-15-16(9-11)25-8-7-24-15)10-14-18(23)21-13-4-2-1-3-12(13)20-14/h5-6,9,12-14,20H,1-4,7-8,10H2,(H,19,22)(H,21,23)/t12-,13+,14+/m1/s1. The minimum absolute atomic E-state index is 0.0829. The van der Waals surface area contributed by atoms with Crippen molar-refractivity contribution >= 4 is 17.5 Å². The number of hydrogen-bond donors (Lipinski definition) is 3. The van der Waals surface area contributed by atoms with Crippen molar-refractivity contribution in [1.29, 1.82) is 0 Å². The molecular weight excluding hydrogens is 322 g/mol. The Balaban J connectivity index is 1.36. The van der Waals surface area contributed by atoms with E-state index in [4.69, 9.17) is 9.47 Å². The van der Waals surface area contributed by atoms with Gasteiger partial charge in [-0.1, -0.05) is 12.8 Å². The maximum atomic E-state index is 12.4. The summed E-state index contributed by atoms with van der Waals surface area (Å²) in [4.78, 5) is 24.6. The smallest absolute Gasteiger partial charge is 0.237 e. The van der Waals surface area contributed by atoms with Crippen molar-refractivity contribution < 1.29 is 19.1 Å². The average Bonchev–Trinajstić information content (AvgIpc) is 2.62. The summed E-state index contributed by atoms with van der Waals surface area (Å²) in [7, 11) is 0. The maximum absolute atomic E-state index is 12.4. The summed E-state index contributed by atoms with van der Waals surface area (Å²) in [5.74, 6) is 1.03. The molecule has 0 unspecified atom stereocenters. The van der Waals surface area contributed by atoms with Crippen molar-refractivity contribution in [2.24, 2.45) is 0 Å². The van der Waals surface area contributed by atoms with E-state index in [1.54, 1.807) is 18.2 Å². The summed E-state index contributed by atoms with van der Waals surface area (Å²) in [6, 6.07) is 5.31. The third kappa shape index (κ3) is 3.56. The molecule has 3 N–H and O–H groups in total. The number of anilines is 1. The van der Waals surface area contributed by atoms with Crippen LogP contribution < -0.4 is 25.4 Å². The van der Waals surface area contributed by atoms with Gasteiger partial charge in [0.25, 0.3) is 0 Å². The monoisotopic (exact) mass is 345 g/mol. The normalized spacial score (nSPS) is 27.8. The number of rotatable bonds is 3. The Morgan fingerprint density at radius 3 is 2.72 bits per heavy atom. The molecule has 1 aliphatic carbocycles. The van der Waals surface area contributed by atoms with Crippen LogP contribution in [0.2, 0.25) is 0 Å². The Hall–Kier alpha value is -2.28. The van der Waals surface area contributed by atoms with Gasteiger partial charge in [-0.2, -0.15) is 0 Å². The van der Waals surface area contributed by atoms with Gasteiger partial charge >= 0.3 is 0 Å².